The molecule has 0 amide bonds. The van der Waals surface area contributed by atoms with Crippen molar-refractivity contribution in [3.8, 4) is 0 Å². The van der Waals surface area contributed by atoms with E-state index >= 15 is 0 Å². The second-order valence-electron chi connectivity index (χ2n) is 4.11. The van der Waals surface area contributed by atoms with Crippen molar-refractivity contribution in [1.29, 1.82) is 0 Å². The molecule has 0 saturated heterocycles. The van der Waals surface area contributed by atoms with E-state index in [-0.39, 0.29) is 0 Å². The smallest absolute Gasteiger partial charge is 0.136 e. The van der Waals surface area contributed by atoms with Gasteiger partial charge in [0.2, 0.25) is 0 Å². The van der Waals surface area contributed by atoms with E-state index in [1.165, 1.54) is 5.56 Å². The second-order valence-corrected chi connectivity index (χ2v) is 4.52. The number of para-hydroxylation sites is 1. The Morgan fingerprint density at radius 1 is 1.00 bits per heavy atom. The first-order valence-corrected chi connectivity index (χ1v) is 6.15. The lowest BCUT2D eigenvalue weighted by molar-refractivity contribution is 0.660. The van der Waals surface area contributed by atoms with E-state index in [1.807, 2.05) is 24.3 Å². The van der Waals surface area contributed by atoms with Gasteiger partial charge in [0.05, 0.1) is 4.51 Å². The molecule has 0 radical (unpaired) electrons. The summed E-state index contributed by atoms with van der Waals surface area (Å²) in [5, 5.41) is 2.04. The molecule has 0 spiro atoms. The van der Waals surface area contributed by atoms with Gasteiger partial charge in [0.15, 0.2) is 0 Å². The summed E-state index contributed by atoms with van der Waals surface area (Å²) in [6, 6.07) is 14.2. The molecule has 0 saturated carbocycles. The number of benzene rings is 2. The summed E-state index contributed by atoms with van der Waals surface area (Å²) in [6.07, 6.45) is 1.01. The van der Waals surface area contributed by atoms with E-state index in [0.717, 1.165) is 32.9 Å². The standard InChI is InChI=1S/C15H12OS/c1-2-10-7-8-12-14(9-10)16-13-6-4-3-5-11(13)15(12)17/h3-9H,2H2,1H3. The molecule has 0 bridgehead atoms. The molecule has 1 heterocycles. The fraction of sp³-hybridized carbons (Fsp3) is 0.133. The van der Waals surface area contributed by atoms with Gasteiger partial charge in [-0.1, -0.05) is 37.3 Å². The third kappa shape index (κ3) is 1.65. The van der Waals surface area contributed by atoms with Crippen molar-refractivity contribution in [2.75, 3.05) is 0 Å². The van der Waals surface area contributed by atoms with Crippen LogP contribution in [0, 0.1) is 4.51 Å². The molecule has 1 nitrogen and oxygen atoms in total. The predicted molar refractivity (Wildman–Crippen MR) is 73.9 cm³/mol. The molecule has 17 heavy (non-hydrogen) atoms. The van der Waals surface area contributed by atoms with Crippen molar-refractivity contribution in [2.24, 2.45) is 0 Å². The molecule has 1 aromatic heterocycles. The minimum Gasteiger partial charge on any atom is -0.456 e. The Kier molecular flexibility index (Phi) is 2.45. The van der Waals surface area contributed by atoms with Crippen LogP contribution in [0.25, 0.3) is 21.9 Å². The zero-order valence-corrected chi connectivity index (χ0v) is 10.4. The average molecular weight is 240 g/mol. The summed E-state index contributed by atoms with van der Waals surface area (Å²) >= 11 is 5.51. The minimum absolute atomic E-state index is 0.859. The summed E-state index contributed by atoms with van der Waals surface area (Å²) in [4.78, 5) is 0. The number of aryl methyl sites for hydroxylation is 1. The van der Waals surface area contributed by atoms with Crippen LogP contribution < -0.4 is 0 Å². The normalized spacial score (nSPS) is 11.1. The summed E-state index contributed by atoms with van der Waals surface area (Å²) in [6.45, 7) is 2.14. The number of hydrogen-bond donors (Lipinski definition) is 0. The van der Waals surface area contributed by atoms with Crippen LogP contribution in [-0.2, 0) is 6.42 Å². The van der Waals surface area contributed by atoms with Crippen LogP contribution in [0.2, 0.25) is 0 Å². The molecule has 0 aliphatic rings. The fourth-order valence-electron chi connectivity index (χ4n) is 2.07. The maximum absolute atomic E-state index is 5.90. The van der Waals surface area contributed by atoms with Crippen molar-refractivity contribution in [1.82, 2.24) is 0 Å². The number of rotatable bonds is 1. The topological polar surface area (TPSA) is 13.1 Å². The van der Waals surface area contributed by atoms with Gasteiger partial charge in [-0.15, -0.1) is 0 Å². The highest BCUT2D eigenvalue weighted by atomic mass is 32.1. The molecule has 3 aromatic rings. The van der Waals surface area contributed by atoms with Crippen LogP contribution in [0.3, 0.4) is 0 Å². The van der Waals surface area contributed by atoms with Gasteiger partial charge >= 0.3 is 0 Å². The van der Waals surface area contributed by atoms with Crippen LogP contribution in [-0.4, -0.2) is 0 Å². The molecule has 0 N–H and O–H groups in total. The third-order valence-electron chi connectivity index (χ3n) is 3.05. The average Bonchev–Trinajstić information content (AvgIpc) is 2.38. The molecule has 2 heteroatoms. The first-order chi connectivity index (χ1) is 8.29. The highest BCUT2D eigenvalue weighted by Crippen LogP contribution is 2.25. The molecular formula is C15H12OS. The highest BCUT2D eigenvalue weighted by Gasteiger charge is 2.04. The Morgan fingerprint density at radius 3 is 2.59 bits per heavy atom. The van der Waals surface area contributed by atoms with E-state index in [2.05, 4.69) is 25.1 Å². The molecule has 0 unspecified atom stereocenters. The zero-order chi connectivity index (χ0) is 11.8. The monoisotopic (exact) mass is 240 g/mol. The molecular weight excluding hydrogens is 228 g/mol. The van der Waals surface area contributed by atoms with Gasteiger partial charge in [-0.2, -0.15) is 0 Å². The number of fused-ring (bicyclic) bond motifs is 2. The lowest BCUT2D eigenvalue weighted by Crippen LogP contribution is -1.83. The summed E-state index contributed by atoms with van der Waals surface area (Å²) in [5.41, 5.74) is 3.01. The molecule has 0 aliphatic heterocycles. The Labute approximate surface area is 105 Å². The first-order valence-electron chi connectivity index (χ1n) is 5.74. The van der Waals surface area contributed by atoms with Gasteiger partial charge < -0.3 is 4.42 Å². The van der Waals surface area contributed by atoms with Gasteiger partial charge in [-0.05, 0) is 36.2 Å². The highest BCUT2D eigenvalue weighted by molar-refractivity contribution is 7.72. The molecule has 0 atom stereocenters. The Balaban J connectivity index is 2.50. The van der Waals surface area contributed by atoms with Gasteiger partial charge in [-0.3, -0.25) is 0 Å². The first kappa shape index (κ1) is 10.5. The Morgan fingerprint density at radius 2 is 1.76 bits per heavy atom. The van der Waals surface area contributed by atoms with Crippen molar-refractivity contribution in [3.63, 3.8) is 0 Å². The fourth-order valence-corrected chi connectivity index (χ4v) is 2.40. The van der Waals surface area contributed by atoms with Gasteiger partial charge in [0.25, 0.3) is 0 Å². The van der Waals surface area contributed by atoms with Crippen LogP contribution in [0.15, 0.2) is 46.9 Å². The Bertz CT molecular complexity index is 756. The van der Waals surface area contributed by atoms with Crippen LogP contribution in [0.1, 0.15) is 12.5 Å². The minimum atomic E-state index is 0.859. The lowest BCUT2D eigenvalue weighted by Gasteiger charge is -2.04. The van der Waals surface area contributed by atoms with Crippen LogP contribution in [0.5, 0.6) is 0 Å². The summed E-state index contributed by atoms with van der Waals surface area (Å²) in [7, 11) is 0. The van der Waals surface area contributed by atoms with Crippen molar-refractivity contribution in [3.05, 3.63) is 52.5 Å². The third-order valence-corrected chi connectivity index (χ3v) is 3.49. The molecule has 84 valence electrons. The predicted octanol–water partition coefficient (Wildman–Crippen LogP) is 4.88. The van der Waals surface area contributed by atoms with Crippen molar-refractivity contribution >= 4 is 34.2 Å². The number of hydrogen-bond acceptors (Lipinski definition) is 2. The maximum atomic E-state index is 5.90. The molecule has 0 aliphatic carbocycles. The van der Waals surface area contributed by atoms with Crippen molar-refractivity contribution in [2.45, 2.75) is 13.3 Å². The van der Waals surface area contributed by atoms with Gasteiger partial charge in [0.1, 0.15) is 11.2 Å². The van der Waals surface area contributed by atoms with Crippen LogP contribution in [0.4, 0.5) is 0 Å². The van der Waals surface area contributed by atoms with Crippen LogP contribution >= 0.6 is 12.2 Å². The quantitative estimate of drug-likeness (QED) is 0.444. The zero-order valence-electron chi connectivity index (χ0n) is 9.57. The van der Waals surface area contributed by atoms with E-state index in [4.69, 9.17) is 16.6 Å². The molecule has 2 aromatic carbocycles. The SMILES string of the molecule is CCc1ccc2c(=S)c3ccccc3oc2c1. The van der Waals surface area contributed by atoms with Gasteiger partial charge in [-0.25, -0.2) is 0 Å². The van der Waals surface area contributed by atoms with Crippen molar-refractivity contribution < 1.29 is 4.42 Å². The van der Waals surface area contributed by atoms with E-state index in [1.54, 1.807) is 0 Å². The molecule has 0 fully saturated rings. The molecule has 3 rings (SSSR count). The van der Waals surface area contributed by atoms with Gasteiger partial charge in [0, 0.05) is 10.8 Å². The Hall–Kier alpha value is -1.67. The van der Waals surface area contributed by atoms with E-state index in [9.17, 15) is 0 Å². The lowest BCUT2D eigenvalue weighted by atomic mass is 10.1. The maximum Gasteiger partial charge on any atom is 0.136 e. The summed E-state index contributed by atoms with van der Waals surface area (Å²) in [5.74, 6) is 0. The second kappa shape index (κ2) is 3.97. The van der Waals surface area contributed by atoms with E-state index in [0.29, 0.717) is 0 Å². The summed E-state index contributed by atoms with van der Waals surface area (Å²) < 4.78 is 6.78. The van der Waals surface area contributed by atoms with E-state index < -0.39 is 0 Å². The largest absolute Gasteiger partial charge is 0.456 e.